The van der Waals surface area contributed by atoms with Gasteiger partial charge in [-0.3, -0.25) is 9.78 Å². The van der Waals surface area contributed by atoms with Crippen LogP contribution in [0.15, 0.2) is 36.5 Å². The Hall–Kier alpha value is -2.50. The monoisotopic (exact) mass is 297 g/mol. The van der Waals surface area contributed by atoms with Crippen molar-refractivity contribution in [3.63, 3.8) is 0 Å². The molecule has 1 fully saturated rings. The molecule has 114 valence electrons. The number of rotatable bonds is 4. The molecule has 1 aliphatic rings. The molecule has 3 heterocycles. The molecule has 0 aromatic carbocycles. The number of hydrogen-bond acceptors (Lipinski definition) is 5. The molecule has 0 atom stereocenters. The minimum absolute atomic E-state index is 0.0246. The van der Waals surface area contributed by atoms with Crippen molar-refractivity contribution in [2.45, 2.75) is 25.8 Å². The molecule has 1 aliphatic heterocycles. The fraction of sp³-hybridized carbons (Fsp3) is 0.375. The minimum atomic E-state index is -0.0246. The molecule has 0 radical (unpaired) electrons. The number of carbonyl (C=O) groups is 1. The first-order chi connectivity index (χ1) is 10.8. The number of carbonyl (C=O) groups excluding carboxylic acids is 1. The van der Waals surface area contributed by atoms with E-state index in [0.717, 1.165) is 31.6 Å². The Labute approximate surface area is 129 Å². The number of nitrogens with one attached hydrogen (secondary N) is 1. The number of piperidine rings is 1. The molecule has 6 heteroatoms. The molecule has 1 saturated heterocycles. The van der Waals surface area contributed by atoms with Crippen molar-refractivity contribution < 1.29 is 4.79 Å². The summed E-state index contributed by atoms with van der Waals surface area (Å²) in [6, 6.07) is 9.27. The van der Waals surface area contributed by atoms with E-state index >= 15 is 0 Å². The first-order valence-electron chi connectivity index (χ1n) is 7.60. The number of pyridine rings is 1. The molecule has 0 spiro atoms. The summed E-state index contributed by atoms with van der Waals surface area (Å²) in [5.74, 6) is 0.615. The Balaban J connectivity index is 1.59. The zero-order chi connectivity index (χ0) is 15.2. The Kier molecular flexibility index (Phi) is 4.58. The van der Waals surface area contributed by atoms with Gasteiger partial charge in [0.1, 0.15) is 5.82 Å². The fourth-order valence-corrected chi connectivity index (χ4v) is 2.48. The van der Waals surface area contributed by atoms with Crippen molar-refractivity contribution in [2.24, 2.45) is 0 Å². The number of likely N-dealkylation sites (tertiary alicyclic amines) is 1. The highest BCUT2D eigenvalue weighted by Gasteiger charge is 2.19. The molecule has 2 aromatic rings. The van der Waals surface area contributed by atoms with Gasteiger partial charge in [-0.05, 0) is 43.5 Å². The fourth-order valence-electron chi connectivity index (χ4n) is 2.48. The standard InChI is InChI=1S/C16H19N5O/c22-16(21-10-4-1-5-11-21)14-7-8-15(20-19-14)18-12-13-6-2-3-9-17-13/h2-3,6-9H,1,4-5,10-12H2,(H,18,20). The average Bonchev–Trinajstić information content (AvgIpc) is 2.61. The van der Waals surface area contributed by atoms with Gasteiger partial charge >= 0.3 is 0 Å². The zero-order valence-electron chi connectivity index (χ0n) is 12.4. The molecule has 1 amide bonds. The molecule has 0 bridgehead atoms. The third kappa shape index (κ3) is 3.58. The molecule has 2 aromatic heterocycles. The van der Waals surface area contributed by atoms with Crippen LogP contribution in [0, 0.1) is 0 Å². The third-order valence-electron chi connectivity index (χ3n) is 3.70. The molecular weight excluding hydrogens is 278 g/mol. The van der Waals surface area contributed by atoms with Crippen LogP contribution in [0.4, 0.5) is 5.82 Å². The van der Waals surface area contributed by atoms with Gasteiger partial charge in [-0.2, -0.15) is 0 Å². The van der Waals surface area contributed by atoms with Gasteiger partial charge in [-0.25, -0.2) is 0 Å². The van der Waals surface area contributed by atoms with Crippen molar-refractivity contribution in [3.8, 4) is 0 Å². The molecule has 1 N–H and O–H groups in total. The molecular formula is C16H19N5O. The summed E-state index contributed by atoms with van der Waals surface area (Å²) in [7, 11) is 0. The van der Waals surface area contributed by atoms with E-state index in [4.69, 9.17) is 0 Å². The van der Waals surface area contributed by atoms with E-state index in [1.165, 1.54) is 6.42 Å². The predicted molar refractivity (Wildman–Crippen MR) is 83.4 cm³/mol. The predicted octanol–water partition coefficient (Wildman–Crippen LogP) is 2.11. The second kappa shape index (κ2) is 6.98. The number of nitrogens with zero attached hydrogens (tertiary/aromatic N) is 4. The largest absolute Gasteiger partial charge is 0.363 e. The van der Waals surface area contributed by atoms with Gasteiger partial charge in [0.2, 0.25) is 0 Å². The first-order valence-corrected chi connectivity index (χ1v) is 7.60. The quantitative estimate of drug-likeness (QED) is 0.936. The highest BCUT2D eigenvalue weighted by atomic mass is 16.2. The molecule has 3 rings (SSSR count). The number of amides is 1. The Morgan fingerprint density at radius 3 is 2.64 bits per heavy atom. The van der Waals surface area contributed by atoms with Crippen LogP contribution in [0.25, 0.3) is 0 Å². The van der Waals surface area contributed by atoms with Gasteiger partial charge in [0, 0.05) is 19.3 Å². The zero-order valence-corrected chi connectivity index (χ0v) is 12.4. The molecule has 22 heavy (non-hydrogen) atoms. The molecule has 0 saturated carbocycles. The van der Waals surface area contributed by atoms with E-state index in [-0.39, 0.29) is 5.91 Å². The van der Waals surface area contributed by atoms with Crippen LogP contribution in [0.2, 0.25) is 0 Å². The van der Waals surface area contributed by atoms with E-state index in [9.17, 15) is 4.79 Å². The summed E-state index contributed by atoms with van der Waals surface area (Å²) >= 11 is 0. The maximum Gasteiger partial charge on any atom is 0.274 e. The van der Waals surface area contributed by atoms with E-state index in [0.29, 0.717) is 18.1 Å². The first kappa shape index (κ1) is 14.4. The summed E-state index contributed by atoms with van der Waals surface area (Å²) < 4.78 is 0. The number of hydrogen-bond donors (Lipinski definition) is 1. The van der Waals surface area contributed by atoms with Gasteiger partial charge in [0.25, 0.3) is 5.91 Å². The topological polar surface area (TPSA) is 71.0 Å². The maximum atomic E-state index is 12.3. The second-order valence-corrected chi connectivity index (χ2v) is 5.33. The van der Waals surface area contributed by atoms with E-state index in [1.807, 2.05) is 23.1 Å². The van der Waals surface area contributed by atoms with Gasteiger partial charge in [0.15, 0.2) is 5.69 Å². The summed E-state index contributed by atoms with van der Waals surface area (Å²) in [5, 5.41) is 11.3. The van der Waals surface area contributed by atoms with Crippen LogP contribution < -0.4 is 5.32 Å². The summed E-state index contributed by atoms with van der Waals surface area (Å²) in [6.07, 6.45) is 5.10. The van der Waals surface area contributed by atoms with E-state index in [1.54, 1.807) is 18.3 Å². The van der Waals surface area contributed by atoms with E-state index in [2.05, 4.69) is 20.5 Å². The van der Waals surface area contributed by atoms with Gasteiger partial charge in [-0.15, -0.1) is 10.2 Å². The molecule has 6 nitrogen and oxygen atoms in total. The van der Waals surface area contributed by atoms with Crippen LogP contribution >= 0.6 is 0 Å². The van der Waals surface area contributed by atoms with Gasteiger partial charge < -0.3 is 10.2 Å². The van der Waals surface area contributed by atoms with Crippen molar-refractivity contribution in [1.82, 2.24) is 20.1 Å². The summed E-state index contributed by atoms with van der Waals surface area (Å²) in [5.41, 5.74) is 1.34. The lowest BCUT2D eigenvalue weighted by atomic mass is 10.1. The highest BCUT2D eigenvalue weighted by molar-refractivity contribution is 5.92. The maximum absolute atomic E-state index is 12.3. The van der Waals surface area contributed by atoms with Crippen molar-refractivity contribution >= 4 is 11.7 Å². The van der Waals surface area contributed by atoms with Crippen LogP contribution in [0.3, 0.4) is 0 Å². The van der Waals surface area contributed by atoms with E-state index < -0.39 is 0 Å². The van der Waals surface area contributed by atoms with Crippen LogP contribution in [0.5, 0.6) is 0 Å². The Morgan fingerprint density at radius 1 is 1.09 bits per heavy atom. The third-order valence-corrected chi connectivity index (χ3v) is 3.70. The van der Waals surface area contributed by atoms with Crippen LogP contribution in [-0.2, 0) is 6.54 Å². The Morgan fingerprint density at radius 2 is 1.95 bits per heavy atom. The van der Waals surface area contributed by atoms with Crippen molar-refractivity contribution in [1.29, 1.82) is 0 Å². The smallest absolute Gasteiger partial charge is 0.274 e. The Bertz CT molecular complexity index is 608. The number of aromatic nitrogens is 3. The van der Waals surface area contributed by atoms with Crippen molar-refractivity contribution in [3.05, 3.63) is 47.9 Å². The lowest BCUT2D eigenvalue weighted by molar-refractivity contribution is 0.0717. The van der Waals surface area contributed by atoms with Crippen molar-refractivity contribution in [2.75, 3.05) is 18.4 Å². The van der Waals surface area contributed by atoms with Crippen LogP contribution in [0.1, 0.15) is 35.4 Å². The molecule has 0 unspecified atom stereocenters. The van der Waals surface area contributed by atoms with Gasteiger partial charge in [0.05, 0.1) is 12.2 Å². The lowest BCUT2D eigenvalue weighted by Crippen LogP contribution is -2.36. The highest BCUT2D eigenvalue weighted by Crippen LogP contribution is 2.12. The second-order valence-electron chi connectivity index (χ2n) is 5.33. The van der Waals surface area contributed by atoms with Gasteiger partial charge in [-0.1, -0.05) is 6.07 Å². The molecule has 0 aliphatic carbocycles. The van der Waals surface area contributed by atoms with Crippen LogP contribution in [-0.4, -0.2) is 39.1 Å². The average molecular weight is 297 g/mol. The summed E-state index contributed by atoms with van der Waals surface area (Å²) in [4.78, 5) is 18.4. The minimum Gasteiger partial charge on any atom is -0.363 e. The summed E-state index contributed by atoms with van der Waals surface area (Å²) in [6.45, 7) is 2.22. The SMILES string of the molecule is O=C(c1ccc(NCc2ccccn2)nn1)N1CCCCC1. The lowest BCUT2D eigenvalue weighted by Gasteiger charge is -2.26. The normalized spacial score (nSPS) is 14.6. The number of anilines is 1.